The van der Waals surface area contributed by atoms with Gasteiger partial charge < -0.3 is 9.64 Å². The molecule has 1 aliphatic heterocycles. The van der Waals surface area contributed by atoms with Gasteiger partial charge in [-0.3, -0.25) is 9.59 Å². The number of hydrogen-bond acceptors (Lipinski definition) is 4. The van der Waals surface area contributed by atoms with Gasteiger partial charge in [0.1, 0.15) is 12.2 Å². The zero-order valence-electron chi connectivity index (χ0n) is 9.49. The van der Waals surface area contributed by atoms with Crippen molar-refractivity contribution in [1.82, 2.24) is 4.90 Å². The summed E-state index contributed by atoms with van der Waals surface area (Å²) in [6.07, 6.45) is 2.62. The quantitative estimate of drug-likeness (QED) is 0.505. The Morgan fingerprint density at radius 1 is 1.47 bits per heavy atom. The molecule has 1 heterocycles. The Hall–Kier alpha value is -0.900. The van der Waals surface area contributed by atoms with Crippen LogP contribution in [0.3, 0.4) is 0 Å². The van der Waals surface area contributed by atoms with Crippen molar-refractivity contribution >= 4 is 11.8 Å². The van der Waals surface area contributed by atoms with E-state index in [1.54, 1.807) is 6.92 Å². The summed E-state index contributed by atoms with van der Waals surface area (Å²) in [6.45, 7) is 3.14. The molecule has 0 N–H and O–H groups in total. The highest BCUT2D eigenvalue weighted by Gasteiger charge is 2.24. The molecular formula is C11H19NO3. The summed E-state index contributed by atoms with van der Waals surface area (Å²) in [5.74, 6) is -0.407. The molecule has 1 atom stereocenters. The molecule has 0 spiro atoms. The topological polar surface area (TPSA) is 46.6 Å². The second-order valence-electron chi connectivity index (χ2n) is 4.00. The summed E-state index contributed by atoms with van der Waals surface area (Å²) in [5.41, 5.74) is 0. The molecule has 1 fully saturated rings. The molecule has 0 radical (unpaired) electrons. The number of esters is 1. The summed E-state index contributed by atoms with van der Waals surface area (Å²) in [6, 6.07) is 0.326. The summed E-state index contributed by atoms with van der Waals surface area (Å²) < 4.78 is 4.73. The molecule has 0 saturated carbocycles. The zero-order chi connectivity index (χ0) is 11.3. The van der Waals surface area contributed by atoms with E-state index in [4.69, 9.17) is 4.74 Å². The molecule has 4 nitrogen and oxygen atoms in total. The number of carbonyl (C=O) groups excluding carboxylic acids is 2. The molecule has 1 saturated heterocycles. The molecule has 0 aromatic rings. The lowest BCUT2D eigenvalue weighted by Gasteiger charge is -2.17. The molecule has 0 bridgehead atoms. The summed E-state index contributed by atoms with van der Waals surface area (Å²) in [4.78, 5) is 24.7. The van der Waals surface area contributed by atoms with Gasteiger partial charge >= 0.3 is 5.97 Å². The number of nitrogens with zero attached hydrogens (tertiary/aromatic N) is 1. The van der Waals surface area contributed by atoms with Gasteiger partial charge in [-0.1, -0.05) is 0 Å². The van der Waals surface area contributed by atoms with E-state index in [9.17, 15) is 9.59 Å². The average molecular weight is 213 g/mol. The molecule has 0 unspecified atom stereocenters. The lowest BCUT2D eigenvalue weighted by atomic mass is 10.1. The van der Waals surface area contributed by atoms with Crippen LogP contribution in [0.15, 0.2) is 0 Å². The van der Waals surface area contributed by atoms with Crippen molar-refractivity contribution in [3.05, 3.63) is 0 Å². The van der Waals surface area contributed by atoms with Crippen LogP contribution in [0.25, 0.3) is 0 Å². The van der Waals surface area contributed by atoms with Gasteiger partial charge in [-0.2, -0.15) is 0 Å². The van der Waals surface area contributed by atoms with E-state index in [1.165, 1.54) is 0 Å². The normalized spacial score (nSPS) is 21.6. The van der Waals surface area contributed by atoms with Gasteiger partial charge in [-0.25, -0.2) is 0 Å². The van der Waals surface area contributed by atoms with Crippen LogP contribution in [0, 0.1) is 0 Å². The number of ketones is 1. The minimum atomic E-state index is -0.400. The van der Waals surface area contributed by atoms with E-state index >= 15 is 0 Å². The maximum atomic E-state index is 11.5. The first-order chi connectivity index (χ1) is 7.13. The lowest BCUT2D eigenvalue weighted by Crippen LogP contribution is -2.28. The van der Waals surface area contributed by atoms with Gasteiger partial charge in [-0.05, 0) is 33.4 Å². The predicted octanol–water partition coefficient (Wildman–Crippen LogP) is 0.993. The maximum Gasteiger partial charge on any atom is 0.313 e. The minimum Gasteiger partial charge on any atom is -0.466 e. The van der Waals surface area contributed by atoms with E-state index < -0.39 is 5.97 Å². The van der Waals surface area contributed by atoms with E-state index in [2.05, 4.69) is 4.90 Å². The van der Waals surface area contributed by atoms with E-state index in [-0.39, 0.29) is 12.2 Å². The molecule has 0 amide bonds. The first kappa shape index (κ1) is 12.2. The molecule has 0 aromatic carbocycles. The third-order valence-electron chi connectivity index (χ3n) is 2.78. The van der Waals surface area contributed by atoms with Crippen LogP contribution in [-0.2, 0) is 14.3 Å². The molecule has 15 heavy (non-hydrogen) atoms. The van der Waals surface area contributed by atoms with Gasteiger partial charge in [0.05, 0.1) is 6.61 Å². The predicted molar refractivity (Wildman–Crippen MR) is 56.5 cm³/mol. The summed E-state index contributed by atoms with van der Waals surface area (Å²) in [7, 11) is 2.02. The Kier molecular flexibility index (Phi) is 4.75. The standard InChI is InChI=1S/C11H19NO3/c1-3-15-11(14)8-10(13)7-9-5-4-6-12(9)2/h9H,3-8H2,1-2H3/t9-/m1/s1. The van der Waals surface area contributed by atoms with Crippen LogP contribution in [0.4, 0.5) is 0 Å². The minimum absolute atomic E-state index is 0.00722. The van der Waals surface area contributed by atoms with Crippen LogP contribution in [-0.4, -0.2) is 42.9 Å². The van der Waals surface area contributed by atoms with Crippen molar-refractivity contribution < 1.29 is 14.3 Å². The molecule has 0 aliphatic carbocycles. The van der Waals surface area contributed by atoms with Crippen molar-refractivity contribution in [3.8, 4) is 0 Å². The van der Waals surface area contributed by atoms with Crippen LogP contribution in [0.1, 0.15) is 32.6 Å². The number of Topliss-reactive ketones (excluding diaryl/α,β-unsaturated/α-hetero) is 1. The second-order valence-corrected chi connectivity index (χ2v) is 4.00. The number of ether oxygens (including phenoxy) is 1. The largest absolute Gasteiger partial charge is 0.466 e. The van der Waals surface area contributed by atoms with Crippen molar-refractivity contribution in [2.24, 2.45) is 0 Å². The molecule has 1 rings (SSSR count). The Bertz CT molecular complexity index is 240. The number of likely N-dealkylation sites (tertiary alicyclic amines) is 1. The second kappa shape index (κ2) is 5.85. The zero-order valence-corrected chi connectivity index (χ0v) is 9.49. The van der Waals surface area contributed by atoms with E-state index in [0.717, 1.165) is 19.4 Å². The van der Waals surface area contributed by atoms with Gasteiger partial charge in [0.15, 0.2) is 0 Å². The fraction of sp³-hybridized carbons (Fsp3) is 0.818. The highest BCUT2D eigenvalue weighted by atomic mass is 16.5. The Balaban J connectivity index is 2.26. The highest BCUT2D eigenvalue weighted by molar-refractivity contribution is 5.95. The Morgan fingerprint density at radius 2 is 2.20 bits per heavy atom. The molecule has 4 heteroatoms. The monoisotopic (exact) mass is 213 g/mol. The van der Waals surface area contributed by atoms with Gasteiger partial charge in [0, 0.05) is 12.5 Å². The van der Waals surface area contributed by atoms with Crippen LogP contribution in [0.2, 0.25) is 0 Å². The Morgan fingerprint density at radius 3 is 2.73 bits per heavy atom. The van der Waals surface area contributed by atoms with Crippen molar-refractivity contribution in [1.29, 1.82) is 0 Å². The van der Waals surface area contributed by atoms with Gasteiger partial charge in [0.2, 0.25) is 0 Å². The summed E-state index contributed by atoms with van der Waals surface area (Å²) in [5, 5.41) is 0. The lowest BCUT2D eigenvalue weighted by molar-refractivity contribution is -0.145. The summed E-state index contributed by atoms with van der Waals surface area (Å²) >= 11 is 0. The van der Waals surface area contributed by atoms with Crippen LogP contribution in [0.5, 0.6) is 0 Å². The third-order valence-corrected chi connectivity index (χ3v) is 2.78. The fourth-order valence-corrected chi connectivity index (χ4v) is 1.95. The Labute approximate surface area is 90.6 Å². The number of hydrogen-bond donors (Lipinski definition) is 0. The first-order valence-electron chi connectivity index (χ1n) is 5.51. The average Bonchev–Trinajstić information content (AvgIpc) is 2.52. The number of rotatable bonds is 5. The first-order valence-corrected chi connectivity index (χ1v) is 5.51. The molecule has 0 aromatic heterocycles. The van der Waals surface area contributed by atoms with Crippen LogP contribution < -0.4 is 0 Å². The van der Waals surface area contributed by atoms with Gasteiger partial charge in [0.25, 0.3) is 0 Å². The van der Waals surface area contributed by atoms with Crippen molar-refractivity contribution in [3.63, 3.8) is 0 Å². The number of carbonyl (C=O) groups is 2. The fourth-order valence-electron chi connectivity index (χ4n) is 1.95. The third kappa shape index (κ3) is 4.00. The van der Waals surface area contributed by atoms with E-state index in [0.29, 0.717) is 19.1 Å². The smallest absolute Gasteiger partial charge is 0.313 e. The molecule has 86 valence electrons. The van der Waals surface area contributed by atoms with Crippen molar-refractivity contribution in [2.45, 2.75) is 38.6 Å². The SMILES string of the molecule is CCOC(=O)CC(=O)C[C@H]1CCCN1C. The van der Waals surface area contributed by atoms with Crippen LogP contribution >= 0.6 is 0 Å². The van der Waals surface area contributed by atoms with Crippen molar-refractivity contribution in [2.75, 3.05) is 20.2 Å². The molecule has 1 aliphatic rings. The van der Waals surface area contributed by atoms with E-state index in [1.807, 2.05) is 7.05 Å². The highest BCUT2D eigenvalue weighted by Crippen LogP contribution is 2.18. The maximum absolute atomic E-state index is 11.5. The van der Waals surface area contributed by atoms with Gasteiger partial charge in [-0.15, -0.1) is 0 Å². The molecular weight excluding hydrogens is 194 g/mol.